The first kappa shape index (κ1) is 21.2. The molecular formula is C27H25NO5. The van der Waals surface area contributed by atoms with Crippen LogP contribution in [-0.4, -0.2) is 40.4 Å². The highest BCUT2D eigenvalue weighted by atomic mass is 16.5. The van der Waals surface area contributed by atoms with Crippen molar-refractivity contribution in [1.29, 1.82) is 0 Å². The van der Waals surface area contributed by atoms with Crippen molar-refractivity contribution in [2.24, 2.45) is 0 Å². The fraction of sp³-hybridized carbons (Fsp3) is 0.259. The van der Waals surface area contributed by atoms with Gasteiger partial charge >= 0.3 is 5.97 Å². The summed E-state index contributed by atoms with van der Waals surface area (Å²) in [6.07, 6.45) is 6.93. The summed E-state index contributed by atoms with van der Waals surface area (Å²) in [5.41, 5.74) is 4.01. The number of hydrogen-bond donors (Lipinski definition) is 1. The summed E-state index contributed by atoms with van der Waals surface area (Å²) in [4.78, 5) is 24.5. The fourth-order valence-electron chi connectivity index (χ4n) is 4.60. The topological polar surface area (TPSA) is 77.8 Å². The van der Waals surface area contributed by atoms with Crippen molar-refractivity contribution in [3.8, 4) is 5.75 Å². The Bertz CT molecular complexity index is 1270. The molecule has 1 unspecified atom stereocenters. The summed E-state index contributed by atoms with van der Waals surface area (Å²) in [7, 11) is 0. The van der Waals surface area contributed by atoms with Gasteiger partial charge in [0.25, 0.3) is 5.91 Å². The van der Waals surface area contributed by atoms with E-state index in [-0.39, 0.29) is 24.5 Å². The van der Waals surface area contributed by atoms with Crippen LogP contribution >= 0.6 is 0 Å². The van der Waals surface area contributed by atoms with E-state index < -0.39 is 5.97 Å². The van der Waals surface area contributed by atoms with Gasteiger partial charge in [-0.25, -0.2) is 0 Å². The molecule has 5 rings (SSSR count). The predicted octanol–water partition coefficient (Wildman–Crippen LogP) is 4.49. The molecule has 0 saturated heterocycles. The van der Waals surface area contributed by atoms with Gasteiger partial charge in [-0.05, 0) is 42.7 Å². The van der Waals surface area contributed by atoms with Crippen molar-refractivity contribution in [2.45, 2.75) is 38.4 Å². The van der Waals surface area contributed by atoms with Crippen molar-refractivity contribution < 1.29 is 24.2 Å². The van der Waals surface area contributed by atoms with Gasteiger partial charge in [-0.3, -0.25) is 14.2 Å². The third-order valence-corrected chi connectivity index (χ3v) is 6.18. The largest absolute Gasteiger partial charge is 0.487 e. The third-order valence-electron chi connectivity index (χ3n) is 6.18. The molecule has 6 heteroatoms. The zero-order chi connectivity index (χ0) is 22.9. The standard InChI is InChI=1S/C27H25NO5/c1-17-13-23-19(15-26(29)30)6-4-7-24(23)28(17)27(31)18-9-11-21(12-10-18)32-16-22-14-20-5-2-3-8-25(20)33-22/h2-11,13,21-22H,12,14-16H2,1H3,(H,29,30)/t21?,22-/m1/s1. The first-order valence-electron chi connectivity index (χ1n) is 11.1. The van der Waals surface area contributed by atoms with E-state index in [9.17, 15) is 14.7 Å². The van der Waals surface area contributed by atoms with E-state index >= 15 is 0 Å². The molecule has 1 aliphatic heterocycles. The van der Waals surface area contributed by atoms with Crippen LogP contribution in [0.25, 0.3) is 10.9 Å². The highest BCUT2D eigenvalue weighted by Gasteiger charge is 2.24. The second kappa shape index (κ2) is 8.71. The third kappa shape index (κ3) is 4.22. The van der Waals surface area contributed by atoms with Gasteiger partial charge in [0.15, 0.2) is 0 Å². The van der Waals surface area contributed by atoms with Crippen LogP contribution in [0.1, 0.15) is 28.0 Å². The monoisotopic (exact) mass is 443 g/mol. The molecule has 1 aliphatic carbocycles. The van der Waals surface area contributed by atoms with Crippen molar-refractivity contribution in [2.75, 3.05) is 6.61 Å². The number of ether oxygens (including phenoxy) is 2. The van der Waals surface area contributed by atoms with Gasteiger partial charge in [0, 0.05) is 23.1 Å². The zero-order valence-corrected chi connectivity index (χ0v) is 18.4. The van der Waals surface area contributed by atoms with E-state index in [0.717, 1.165) is 28.8 Å². The van der Waals surface area contributed by atoms with Crippen LogP contribution in [-0.2, 0) is 22.4 Å². The Balaban J connectivity index is 1.25. The minimum Gasteiger partial charge on any atom is -0.487 e. The van der Waals surface area contributed by atoms with E-state index in [1.807, 2.05) is 55.5 Å². The molecule has 2 atom stereocenters. The summed E-state index contributed by atoms with van der Waals surface area (Å²) >= 11 is 0. The van der Waals surface area contributed by atoms with Crippen LogP contribution in [0, 0.1) is 6.92 Å². The van der Waals surface area contributed by atoms with E-state index in [0.29, 0.717) is 24.2 Å². The number of carboxylic acids is 1. The number of rotatable bonds is 6. The molecule has 1 N–H and O–H groups in total. The van der Waals surface area contributed by atoms with E-state index in [1.165, 1.54) is 5.56 Å². The summed E-state index contributed by atoms with van der Waals surface area (Å²) in [5.74, 6) is -0.0896. The van der Waals surface area contributed by atoms with Crippen LogP contribution in [0.2, 0.25) is 0 Å². The minimum atomic E-state index is -0.893. The van der Waals surface area contributed by atoms with Crippen LogP contribution in [0.3, 0.4) is 0 Å². The number of hydrogen-bond acceptors (Lipinski definition) is 4. The molecule has 3 aromatic rings. The van der Waals surface area contributed by atoms with Crippen molar-refractivity contribution in [3.05, 3.63) is 89.2 Å². The quantitative estimate of drug-likeness (QED) is 0.607. The molecule has 2 aliphatic rings. The molecular weight excluding hydrogens is 418 g/mol. The molecule has 0 amide bonds. The van der Waals surface area contributed by atoms with Gasteiger partial charge in [0.1, 0.15) is 11.9 Å². The Morgan fingerprint density at radius 3 is 2.79 bits per heavy atom. The molecule has 0 fully saturated rings. The van der Waals surface area contributed by atoms with E-state index in [1.54, 1.807) is 16.7 Å². The number of para-hydroxylation sites is 1. The number of carbonyl (C=O) groups excluding carboxylic acids is 1. The predicted molar refractivity (Wildman–Crippen MR) is 125 cm³/mol. The lowest BCUT2D eigenvalue weighted by Gasteiger charge is -2.19. The van der Waals surface area contributed by atoms with Gasteiger partial charge in [0.05, 0.1) is 24.6 Å². The summed E-state index contributed by atoms with van der Waals surface area (Å²) in [6, 6.07) is 15.4. The Hall–Kier alpha value is -3.64. The average molecular weight is 443 g/mol. The maximum absolute atomic E-state index is 13.3. The normalized spacial score (nSPS) is 19.2. The lowest BCUT2D eigenvalue weighted by molar-refractivity contribution is -0.136. The van der Waals surface area contributed by atoms with E-state index in [4.69, 9.17) is 9.47 Å². The molecule has 0 radical (unpaired) electrons. The number of aryl methyl sites for hydroxylation is 1. The van der Waals surface area contributed by atoms with Gasteiger partial charge < -0.3 is 14.6 Å². The number of carboxylic acid groups (broad SMARTS) is 1. The van der Waals surface area contributed by atoms with Gasteiger partial charge in [-0.2, -0.15) is 0 Å². The SMILES string of the molecule is Cc1cc2c(CC(=O)O)cccc2n1C(=O)C1=CCC(OC[C@H]2Cc3ccccc3O2)C=C1. The number of benzene rings is 2. The Labute approximate surface area is 191 Å². The number of carbonyl (C=O) groups is 2. The smallest absolute Gasteiger partial charge is 0.307 e. The van der Waals surface area contributed by atoms with Gasteiger partial charge in [-0.1, -0.05) is 48.6 Å². The number of aliphatic carboxylic acids is 1. The summed E-state index contributed by atoms with van der Waals surface area (Å²) in [6.45, 7) is 2.36. The van der Waals surface area contributed by atoms with Crippen molar-refractivity contribution in [1.82, 2.24) is 4.57 Å². The van der Waals surface area contributed by atoms with Crippen LogP contribution in [0.4, 0.5) is 0 Å². The molecule has 2 heterocycles. The summed E-state index contributed by atoms with van der Waals surface area (Å²) < 4.78 is 13.6. The number of fused-ring (bicyclic) bond motifs is 2. The molecule has 6 nitrogen and oxygen atoms in total. The summed E-state index contributed by atoms with van der Waals surface area (Å²) in [5, 5.41) is 9.98. The fourth-order valence-corrected chi connectivity index (χ4v) is 4.60. The van der Waals surface area contributed by atoms with Crippen LogP contribution in [0.5, 0.6) is 5.75 Å². The molecule has 0 saturated carbocycles. The number of aromatic nitrogens is 1. The highest BCUT2D eigenvalue weighted by molar-refractivity contribution is 6.05. The highest BCUT2D eigenvalue weighted by Crippen LogP contribution is 2.29. The molecule has 1 aromatic heterocycles. The molecule has 2 aromatic carbocycles. The zero-order valence-electron chi connectivity index (χ0n) is 18.4. The molecule has 0 bridgehead atoms. The molecule has 0 spiro atoms. The lowest BCUT2D eigenvalue weighted by Crippen LogP contribution is -2.25. The molecule has 33 heavy (non-hydrogen) atoms. The first-order valence-corrected chi connectivity index (χ1v) is 11.1. The number of allylic oxidation sites excluding steroid dienone is 2. The minimum absolute atomic E-state index is 0.0108. The Morgan fingerprint density at radius 2 is 2.03 bits per heavy atom. The van der Waals surface area contributed by atoms with Crippen LogP contribution in [0.15, 0.2) is 72.3 Å². The van der Waals surface area contributed by atoms with Crippen molar-refractivity contribution >= 4 is 22.8 Å². The van der Waals surface area contributed by atoms with Gasteiger partial charge in [-0.15, -0.1) is 0 Å². The average Bonchev–Trinajstić information content (AvgIpc) is 3.38. The second-order valence-electron chi connectivity index (χ2n) is 8.52. The maximum Gasteiger partial charge on any atom is 0.307 e. The molecule has 168 valence electrons. The van der Waals surface area contributed by atoms with Gasteiger partial charge in [0.2, 0.25) is 0 Å². The Kier molecular flexibility index (Phi) is 5.60. The number of nitrogens with zero attached hydrogens (tertiary/aromatic N) is 1. The Morgan fingerprint density at radius 1 is 1.18 bits per heavy atom. The first-order chi connectivity index (χ1) is 16.0. The van der Waals surface area contributed by atoms with Crippen molar-refractivity contribution in [3.63, 3.8) is 0 Å². The van der Waals surface area contributed by atoms with E-state index in [2.05, 4.69) is 6.07 Å². The van der Waals surface area contributed by atoms with Crippen LogP contribution < -0.4 is 4.74 Å². The lowest BCUT2D eigenvalue weighted by atomic mass is 10.0. The maximum atomic E-state index is 13.3. The second-order valence-corrected chi connectivity index (χ2v) is 8.52.